The van der Waals surface area contributed by atoms with Gasteiger partial charge in [0.1, 0.15) is 0 Å². The molecule has 1 saturated carbocycles. The number of benzene rings is 1. The minimum absolute atomic E-state index is 0.508. The largest absolute Gasteiger partial charge is 0.381 e. The topological polar surface area (TPSA) is 12.0 Å². The Morgan fingerprint density at radius 3 is 2.64 bits per heavy atom. The van der Waals surface area contributed by atoms with Gasteiger partial charge < -0.3 is 5.32 Å². The van der Waals surface area contributed by atoms with Crippen LogP contribution in [0.4, 0.5) is 5.69 Å². The Labute approximate surface area is 94.4 Å². The molecule has 14 heavy (non-hydrogen) atoms. The lowest BCUT2D eigenvalue weighted by Gasteiger charge is -2.15. The maximum Gasteiger partial charge on any atom is 0.0652 e. The Hall–Kier alpha value is -0.400. The lowest BCUT2D eigenvalue weighted by Crippen LogP contribution is -2.17. The van der Waals surface area contributed by atoms with Gasteiger partial charge in [0.25, 0.3) is 0 Å². The third-order valence-electron chi connectivity index (χ3n) is 2.64. The molecule has 0 spiro atoms. The van der Waals surface area contributed by atoms with E-state index in [1.165, 1.54) is 12.8 Å². The first-order valence-electron chi connectivity index (χ1n) is 4.88. The lowest BCUT2D eigenvalue weighted by atomic mass is 10.2. The number of hydrogen-bond acceptors (Lipinski definition) is 1. The Bertz CT molecular complexity index is 334. The first-order valence-corrected chi connectivity index (χ1v) is 5.64. The molecule has 0 amide bonds. The van der Waals surface area contributed by atoms with E-state index in [4.69, 9.17) is 23.2 Å². The molecule has 1 unspecified atom stereocenters. The van der Waals surface area contributed by atoms with Gasteiger partial charge in [0.05, 0.1) is 10.7 Å². The van der Waals surface area contributed by atoms with Gasteiger partial charge in [-0.1, -0.05) is 23.2 Å². The normalized spacial score (nSPS) is 17.9. The van der Waals surface area contributed by atoms with Crippen LogP contribution in [0.15, 0.2) is 18.2 Å². The molecule has 1 aromatic rings. The highest BCUT2D eigenvalue weighted by molar-refractivity contribution is 6.36. The van der Waals surface area contributed by atoms with Gasteiger partial charge in [-0.3, -0.25) is 0 Å². The zero-order valence-corrected chi connectivity index (χ0v) is 9.57. The first kappa shape index (κ1) is 10.1. The van der Waals surface area contributed by atoms with Crippen LogP contribution in [0.3, 0.4) is 0 Å². The molecule has 1 atom stereocenters. The van der Waals surface area contributed by atoms with Gasteiger partial charge in [0, 0.05) is 11.1 Å². The van der Waals surface area contributed by atoms with Crippen molar-refractivity contribution in [3.05, 3.63) is 28.2 Å². The molecule has 1 aromatic carbocycles. The van der Waals surface area contributed by atoms with Gasteiger partial charge in [-0.15, -0.1) is 0 Å². The number of rotatable bonds is 3. The minimum Gasteiger partial charge on any atom is -0.381 e. The summed E-state index contributed by atoms with van der Waals surface area (Å²) in [6.45, 7) is 2.20. The molecular weight excluding hydrogens is 217 g/mol. The van der Waals surface area contributed by atoms with Crippen LogP contribution in [0.25, 0.3) is 0 Å². The van der Waals surface area contributed by atoms with E-state index in [1.54, 1.807) is 6.07 Å². The molecule has 1 aliphatic carbocycles. The zero-order valence-electron chi connectivity index (χ0n) is 8.06. The monoisotopic (exact) mass is 229 g/mol. The van der Waals surface area contributed by atoms with Gasteiger partial charge in [0.15, 0.2) is 0 Å². The Kier molecular flexibility index (Phi) is 2.89. The van der Waals surface area contributed by atoms with E-state index < -0.39 is 0 Å². The Morgan fingerprint density at radius 2 is 2.07 bits per heavy atom. The summed E-state index contributed by atoms with van der Waals surface area (Å²) in [4.78, 5) is 0. The van der Waals surface area contributed by atoms with Crippen LogP contribution in [0, 0.1) is 5.92 Å². The molecule has 0 heterocycles. The molecular formula is C11H13Cl2N. The second-order valence-corrected chi connectivity index (χ2v) is 4.74. The van der Waals surface area contributed by atoms with E-state index in [0.717, 1.165) is 11.6 Å². The van der Waals surface area contributed by atoms with Crippen LogP contribution >= 0.6 is 23.2 Å². The summed E-state index contributed by atoms with van der Waals surface area (Å²) in [6, 6.07) is 6.07. The van der Waals surface area contributed by atoms with Crippen LogP contribution in [-0.2, 0) is 0 Å². The van der Waals surface area contributed by atoms with Gasteiger partial charge in [-0.05, 0) is 43.9 Å². The standard InChI is InChI=1S/C11H13Cl2N/c1-7(8-2-3-8)14-11-5-4-9(12)6-10(11)13/h4-8,14H,2-3H2,1H3. The van der Waals surface area contributed by atoms with Gasteiger partial charge >= 0.3 is 0 Å². The summed E-state index contributed by atoms with van der Waals surface area (Å²) in [6.07, 6.45) is 2.67. The first-order chi connectivity index (χ1) is 6.66. The van der Waals surface area contributed by atoms with Crippen molar-refractivity contribution in [2.75, 3.05) is 5.32 Å². The van der Waals surface area contributed by atoms with Crippen molar-refractivity contribution in [2.45, 2.75) is 25.8 Å². The number of halogens is 2. The van der Waals surface area contributed by atoms with Crippen molar-refractivity contribution >= 4 is 28.9 Å². The van der Waals surface area contributed by atoms with Crippen molar-refractivity contribution in [3.63, 3.8) is 0 Å². The predicted molar refractivity (Wildman–Crippen MR) is 62.3 cm³/mol. The van der Waals surface area contributed by atoms with E-state index in [2.05, 4.69) is 12.2 Å². The van der Waals surface area contributed by atoms with E-state index in [0.29, 0.717) is 16.1 Å². The molecule has 1 fully saturated rings. The molecule has 1 aliphatic rings. The van der Waals surface area contributed by atoms with Crippen LogP contribution < -0.4 is 5.32 Å². The molecule has 2 rings (SSSR count). The fourth-order valence-corrected chi connectivity index (χ4v) is 2.03. The SMILES string of the molecule is CC(Nc1ccc(Cl)cc1Cl)C1CC1. The maximum atomic E-state index is 6.05. The van der Waals surface area contributed by atoms with E-state index in [9.17, 15) is 0 Å². The van der Waals surface area contributed by atoms with Crippen molar-refractivity contribution in [1.29, 1.82) is 0 Å². The van der Waals surface area contributed by atoms with Crippen molar-refractivity contribution in [2.24, 2.45) is 5.92 Å². The third-order valence-corrected chi connectivity index (χ3v) is 3.19. The van der Waals surface area contributed by atoms with Gasteiger partial charge in [-0.25, -0.2) is 0 Å². The zero-order chi connectivity index (χ0) is 10.1. The quantitative estimate of drug-likeness (QED) is 0.820. The van der Waals surface area contributed by atoms with Crippen molar-refractivity contribution < 1.29 is 0 Å². The summed E-state index contributed by atoms with van der Waals surface area (Å²) in [5.74, 6) is 0.821. The highest BCUT2D eigenvalue weighted by atomic mass is 35.5. The number of anilines is 1. The smallest absolute Gasteiger partial charge is 0.0652 e. The molecule has 0 saturated heterocycles. The summed E-state index contributed by atoms with van der Waals surface area (Å²) >= 11 is 11.9. The van der Waals surface area contributed by atoms with Gasteiger partial charge in [0.2, 0.25) is 0 Å². The minimum atomic E-state index is 0.508. The molecule has 0 bridgehead atoms. The highest BCUT2D eigenvalue weighted by Crippen LogP contribution is 2.35. The molecule has 76 valence electrons. The fraction of sp³-hybridized carbons (Fsp3) is 0.455. The van der Waals surface area contributed by atoms with Crippen LogP contribution in [0.1, 0.15) is 19.8 Å². The van der Waals surface area contributed by atoms with E-state index in [1.807, 2.05) is 12.1 Å². The van der Waals surface area contributed by atoms with Crippen LogP contribution in [0.2, 0.25) is 10.0 Å². The summed E-state index contributed by atoms with van der Waals surface area (Å²) in [5.41, 5.74) is 0.982. The second kappa shape index (κ2) is 4.00. The summed E-state index contributed by atoms with van der Waals surface area (Å²) in [5, 5.41) is 4.79. The second-order valence-electron chi connectivity index (χ2n) is 3.89. The van der Waals surface area contributed by atoms with Crippen molar-refractivity contribution in [3.8, 4) is 0 Å². The van der Waals surface area contributed by atoms with Crippen molar-refractivity contribution in [1.82, 2.24) is 0 Å². The molecule has 1 nitrogen and oxygen atoms in total. The van der Waals surface area contributed by atoms with Gasteiger partial charge in [-0.2, -0.15) is 0 Å². The average molecular weight is 230 g/mol. The third kappa shape index (κ3) is 2.34. The van der Waals surface area contributed by atoms with Crippen LogP contribution in [0.5, 0.6) is 0 Å². The number of nitrogens with one attached hydrogen (secondary N) is 1. The average Bonchev–Trinajstić information content (AvgIpc) is 2.92. The summed E-state index contributed by atoms with van der Waals surface area (Å²) in [7, 11) is 0. The Balaban J connectivity index is 2.07. The molecule has 1 N–H and O–H groups in total. The van der Waals surface area contributed by atoms with E-state index in [-0.39, 0.29) is 0 Å². The Morgan fingerprint density at radius 1 is 1.36 bits per heavy atom. The predicted octanol–water partition coefficient (Wildman–Crippen LogP) is 4.20. The fourth-order valence-electron chi connectivity index (χ4n) is 1.57. The summed E-state index contributed by atoms with van der Waals surface area (Å²) < 4.78 is 0. The highest BCUT2D eigenvalue weighted by Gasteiger charge is 2.27. The lowest BCUT2D eigenvalue weighted by molar-refractivity contribution is 0.694. The maximum absolute atomic E-state index is 6.05. The molecule has 0 radical (unpaired) electrons. The molecule has 0 aromatic heterocycles. The molecule has 0 aliphatic heterocycles. The molecule has 3 heteroatoms. The van der Waals surface area contributed by atoms with Crippen LogP contribution in [-0.4, -0.2) is 6.04 Å². The number of hydrogen-bond donors (Lipinski definition) is 1. The van der Waals surface area contributed by atoms with E-state index >= 15 is 0 Å².